The highest BCUT2D eigenvalue weighted by Gasteiger charge is 2.39. The van der Waals surface area contributed by atoms with Crippen LogP contribution >= 0.6 is 0 Å². The van der Waals surface area contributed by atoms with Gasteiger partial charge in [-0.1, -0.05) is 38.0 Å². The number of benzene rings is 1. The Bertz CT molecular complexity index is 1520. The Balaban J connectivity index is 1.36. The second kappa shape index (κ2) is 8.64. The van der Waals surface area contributed by atoms with E-state index in [1.54, 1.807) is 42.7 Å². The number of nitrogens with zero attached hydrogens (tertiary/aromatic N) is 5. The predicted octanol–water partition coefficient (Wildman–Crippen LogP) is 3.52. The zero-order valence-corrected chi connectivity index (χ0v) is 21.7. The normalized spacial score (nSPS) is 23.9. The molecule has 0 bridgehead atoms. The molecule has 9 nitrogen and oxygen atoms in total. The van der Waals surface area contributed by atoms with Gasteiger partial charge in [0.05, 0.1) is 29.8 Å². The first-order valence-electron chi connectivity index (χ1n) is 12.6. The second-order valence-electron chi connectivity index (χ2n) is 10.8. The molecule has 1 N–H and O–H groups in total. The van der Waals surface area contributed by atoms with E-state index in [2.05, 4.69) is 34.3 Å². The van der Waals surface area contributed by atoms with Gasteiger partial charge in [0.2, 0.25) is 0 Å². The number of hydrogen-bond acceptors (Lipinski definition) is 7. The van der Waals surface area contributed by atoms with E-state index in [1.165, 1.54) is 3.97 Å². The third-order valence-corrected chi connectivity index (χ3v) is 9.59. The zero-order valence-electron chi connectivity index (χ0n) is 20.9. The van der Waals surface area contributed by atoms with Crippen LogP contribution in [0.3, 0.4) is 0 Å². The summed E-state index contributed by atoms with van der Waals surface area (Å²) in [5.74, 6) is 1.59. The Hall–Kier alpha value is -2.82. The van der Waals surface area contributed by atoms with Gasteiger partial charge in [-0.25, -0.2) is 17.4 Å². The molecule has 10 heteroatoms. The lowest BCUT2D eigenvalue weighted by atomic mass is 9.88. The summed E-state index contributed by atoms with van der Waals surface area (Å²) in [6, 6.07) is 9.08. The van der Waals surface area contributed by atoms with Crippen molar-refractivity contribution in [2.75, 3.05) is 19.8 Å². The van der Waals surface area contributed by atoms with Gasteiger partial charge in [-0.3, -0.25) is 4.40 Å². The number of rotatable bonds is 7. The first kappa shape index (κ1) is 23.6. The third-order valence-electron chi connectivity index (χ3n) is 7.91. The van der Waals surface area contributed by atoms with Crippen molar-refractivity contribution < 1.29 is 13.2 Å². The lowest BCUT2D eigenvalue weighted by Crippen LogP contribution is -2.49. The van der Waals surface area contributed by atoms with Gasteiger partial charge in [-0.2, -0.15) is 0 Å². The SMILES string of the molecule is CC[C@@H]1C[C@H](NCC2(C)COC2)C[C@@H]1c1nnc2cnc3c(ccn3S(=O)(=O)c3ccc(C)cc3)n12. The summed E-state index contributed by atoms with van der Waals surface area (Å²) in [5.41, 5.74) is 2.94. The summed E-state index contributed by atoms with van der Waals surface area (Å²) in [6.07, 6.45) is 6.30. The molecule has 3 atom stereocenters. The number of aryl methyl sites for hydroxylation is 1. The smallest absolute Gasteiger partial charge is 0.269 e. The van der Waals surface area contributed by atoms with Crippen molar-refractivity contribution in [1.82, 2.24) is 28.9 Å². The molecule has 3 aromatic heterocycles. The second-order valence-corrected chi connectivity index (χ2v) is 12.6. The Morgan fingerprint density at radius 1 is 1.14 bits per heavy atom. The molecule has 4 aromatic rings. The largest absolute Gasteiger partial charge is 0.380 e. The maximum Gasteiger partial charge on any atom is 0.269 e. The standard InChI is InChI=1S/C26H32N6O3S/c1-4-18-11-19(28-14-26(3)15-35-16-26)12-21(18)24-30-29-23-13-27-25-22(32(23)24)9-10-31(25)36(33,34)20-7-5-17(2)6-8-20/h5-10,13,18-19,21,28H,4,11-12,14-16H2,1-3H3/t18-,19+,21+/m1/s1. The van der Waals surface area contributed by atoms with E-state index in [0.717, 1.165) is 50.4 Å². The monoisotopic (exact) mass is 508 g/mol. The molecule has 2 fully saturated rings. The van der Waals surface area contributed by atoms with Crippen LogP contribution in [0.2, 0.25) is 0 Å². The molecule has 1 saturated heterocycles. The van der Waals surface area contributed by atoms with Crippen molar-refractivity contribution in [3.63, 3.8) is 0 Å². The Kier molecular flexibility index (Phi) is 5.66. The van der Waals surface area contributed by atoms with Crippen LogP contribution in [0.1, 0.15) is 50.4 Å². The molecule has 190 valence electrons. The fraction of sp³-hybridized carbons (Fsp3) is 0.500. The van der Waals surface area contributed by atoms with E-state index in [1.807, 2.05) is 11.3 Å². The van der Waals surface area contributed by atoms with Gasteiger partial charge < -0.3 is 10.1 Å². The van der Waals surface area contributed by atoms with Crippen molar-refractivity contribution in [1.29, 1.82) is 0 Å². The van der Waals surface area contributed by atoms with Gasteiger partial charge in [-0.05, 0) is 43.9 Å². The zero-order chi connectivity index (χ0) is 25.1. The number of aromatic nitrogens is 5. The average Bonchev–Trinajstić information content (AvgIpc) is 3.57. The van der Waals surface area contributed by atoms with E-state index in [4.69, 9.17) is 4.74 Å². The summed E-state index contributed by atoms with van der Waals surface area (Å²) in [4.78, 5) is 4.72. The highest BCUT2D eigenvalue weighted by Crippen LogP contribution is 2.42. The van der Waals surface area contributed by atoms with Crippen LogP contribution in [0, 0.1) is 18.3 Å². The van der Waals surface area contributed by atoms with Crippen LogP contribution < -0.4 is 5.32 Å². The van der Waals surface area contributed by atoms with Crippen LogP contribution in [0.4, 0.5) is 0 Å². The molecule has 0 radical (unpaired) electrons. The van der Waals surface area contributed by atoms with Crippen molar-refractivity contribution in [3.8, 4) is 0 Å². The van der Waals surface area contributed by atoms with Crippen LogP contribution in [0.25, 0.3) is 16.8 Å². The summed E-state index contributed by atoms with van der Waals surface area (Å²) < 4.78 is 35.5. The molecule has 36 heavy (non-hydrogen) atoms. The summed E-state index contributed by atoms with van der Waals surface area (Å²) in [7, 11) is -3.79. The Morgan fingerprint density at radius 3 is 2.61 bits per heavy atom. The highest BCUT2D eigenvalue weighted by atomic mass is 32.2. The molecule has 0 unspecified atom stereocenters. The van der Waals surface area contributed by atoms with E-state index in [0.29, 0.717) is 28.8 Å². The first-order valence-corrected chi connectivity index (χ1v) is 14.1. The van der Waals surface area contributed by atoms with Crippen LogP contribution in [0.15, 0.2) is 47.6 Å². The molecule has 6 rings (SSSR count). The Morgan fingerprint density at radius 2 is 1.92 bits per heavy atom. The fourth-order valence-electron chi connectivity index (χ4n) is 5.71. The van der Waals surface area contributed by atoms with Crippen molar-refractivity contribution in [3.05, 3.63) is 54.1 Å². The van der Waals surface area contributed by atoms with Crippen molar-refractivity contribution >= 4 is 26.8 Å². The molecule has 1 aromatic carbocycles. The number of fused-ring (bicyclic) bond motifs is 3. The van der Waals surface area contributed by atoms with Crippen LogP contribution in [-0.4, -0.2) is 57.8 Å². The maximum absolute atomic E-state index is 13.4. The number of ether oxygens (including phenoxy) is 1. The molecule has 1 saturated carbocycles. The van der Waals surface area contributed by atoms with Gasteiger partial charge in [0.25, 0.3) is 10.0 Å². The van der Waals surface area contributed by atoms with E-state index >= 15 is 0 Å². The first-order chi connectivity index (χ1) is 17.3. The quantitative estimate of drug-likeness (QED) is 0.407. The third kappa shape index (κ3) is 3.82. The van der Waals surface area contributed by atoms with E-state index in [9.17, 15) is 8.42 Å². The lowest BCUT2D eigenvalue weighted by molar-refractivity contribution is -0.0999. The minimum Gasteiger partial charge on any atom is -0.380 e. The minimum absolute atomic E-state index is 0.227. The maximum atomic E-state index is 13.4. The van der Waals surface area contributed by atoms with E-state index in [-0.39, 0.29) is 16.2 Å². The molecule has 2 aliphatic rings. The molecule has 4 heterocycles. The van der Waals surface area contributed by atoms with Crippen LogP contribution in [0.5, 0.6) is 0 Å². The number of hydrogen-bond donors (Lipinski definition) is 1. The average molecular weight is 509 g/mol. The van der Waals surface area contributed by atoms with Crippen LogP contribution in [-0.2, 0) is 14.8 Å². The van der Waals surface area contributed by atoms with Gasteiger partial charge in [0.1, 0.15) is 5.82 Å². The topological polar surface area (TPSA) is 103 Å². The molecule has 1 aliphatic carbocycles. The molecule has 0 spiro atoms. The Labute approximate surface area is 210 Å². The van der Waals surface area contributed by atoms with Crippen molar-refractivity contribution in [2.45, 2.75) is 56.9 Å². The fourth-order valence-corrected chi connectivity index (χ4v) is 7.01. The van der Waals surface area contributed by atoms with Crippen molar-refractivity contribution in [2.24, 2.45) is 11.3 Å². The van der Waals surface area contributed by atoms with E-state index < -0.39 is 10.0 Å². The summed E-state index contributed by atoms with van der Waals surface area (Å²) in [6.45, 7) is 9.01. The lowest BCUT2D eigenvalue weighted by Gasteiger charge is -2.39. The predicted molar refractivity (Wildman–Crippen MR) is 137 cm³/mol. The minimum atomic E-state index is -3.79. The number of nitrogens with one attached hydrogen (secondary N) is 1. The summed E-state index contributed by atoms with van der Waals surface area (Å²) >= 11 is 0. The van der Waals surface area contributed by atoms with Gasteiger partial charge in [-0.15, -0.1) is 10.2 Å². The highest BCUT2D eigenvalue weighted by molar-refractivity contribution is 7.90. The van der Waals surface area contributed by atoms with Gasteiger partial charge in [0.15, 0.2) is 11.3 Å². The molecular formula is C26H32N6O3S. The molecule has 0 amide bonds. The van der Waals surface area contributed by atoms with Gasteiger partial charge >= 0.3 is 0 Å². The molecule has 1 aliphatic heterocycles. The summed E-state index contributed by atoms with van der Waals surface area (Å²) in [5, 5.41) is 12.8. The molecular weight excluding hydrogens is 476 g/mol. The van der Waals surface area contributed by atoms with Gasteiger partial charge in [0, 0.05) is 30.1 Å².